The Kier molecular flexibility index (Phi) is 2.91. The van der Waals surface area contributed by atoms with Crippen molar-refractivity contribution < 1.29 is 8.42 Å². The quantitative estimate of drug-likeness (QED) is 0.664. The number of hydrogen-bond acceptors (Lipinski definition) is 6. The highest BCUT2D eigenvalue weighted by Crippen LogP contribution is 2.20. The summed E-state index contributed by atoms with van der Waals surface area (Å²) < 4.78 is 23.9. The van der Waals surface area contributed by atoms with E-state index in [0.717, 1.165) is 5.52 Å². The van der Waals surface area contributed by atoms with Crippen LogP contribution in [0.4, 0.5) is 0 Å². The molecule has 0 aliphatic carbocycles. The second-order valence-electron chi connectivity index (χ2n) is 4.05. The molecule has 2 aromatic heterocycles. The number of para-hydroxylation sites is 2. The highest BCUT2D eigenvalue weighted by molar-refractivity contribution is 8.13. The molecule has 3 rings (SSSR count). The minimum absolute atomic E-state index is 0.280. The Balaban J connectivity index is 2.19. The Hall–Kier alpha value is -2.06. The summed E-state index contributed by atoms with van der Waals surface area (Å²) >= 11 is 0. The van der Waals surface area contributed by atoms with Gasteiger partial charge in [0.05, 0.1) is 17.2 Å². The van der Waals surface area contributed by atoms with E-state index < -0.39 is 9.05 Å². The monoisotopic (exact) mass is 309 g/mol. The van der Waals surface area contributed by atoms with Gasteiger partial charge in [-0.25, -0.2) is 13.4 Å². The molecule has 0 spiro atoms. The van der Waals surface area contributed by atoms with Crippen LogP contribution in [0.15, 0.2) is 35.6 Å². The Morgan fingerprint density at radius 3 is 2.50 bits per heavy atom. The molecule has 1 aromatic carbocycles. The van der Waals surface area contributed by atoms with Crippen LogP contribution in [-0.4, -0.2) is 33.2 Å². The van der Waals surface area contributed by atoms with Gasteiger partial charge < -0.3 is 0 Å². The average Bonchev–Trinajstić information content (AvgIpc) is 2.80. The first-order valence-electron chi connectivity index (χ1n) is 5.53. The standard InChI is InChI=1S/C11H8ClN5O2S/c1-17-10(15-16-11(17)20(12,18)19)9-6-13-7-4-2-3-5-8(7)14-9/h2-6H,1H3. The van der Waals surface area contributed by atoms with Gasteiger partial charge in [0.25, 0.3) is 14.2 Å². The van der Waals surface area contributed by atoms with E-state index in [1.165, 1.54) is 17.8 Å². The van der Waals surface area contributed by atoms with Gasteiger partial charge >= 0.3 is 0 Å². The Labute approximate surface area is 118 Å². The van der Waals surface area contributed by atoms with E-state index >= 15 is 0 Å². The van der Waals surface area contributed by atoms with E-state index in [2.05, 4.69) is 20.2 Å². The van der Waals surface area contributed by atoms with E-state index in [4.69, 9.17) is 10.7 Å². The second-order valence-corrected chi connectivity index (χ2v) is 6.51. The number of nitrogens with zero attached hydrogens (tertiary/aromatic N) is 5. The molecule has 0 fully saturated rings. The first-order chi connectivity index (χ1) is 9.47. The fourth-order valence-electron chi connectivity index (χ4n) is 1.82. The van der Waals surface area contributed by atoms with Crippen molar-refractivity contribution in [2.24, 2.45) is 7.05 Å². The second kappa shape index (κ2) is 4.50. The smallest absolute Gasteiger partial charge is 0.296 e. The van der Waals surface area contributed by atoms with Crippen LogP contribution >= 0.6 is 10.7 Å². The first-order valence-corrected chi connectivity index (χ1v) is 7.84. The van der Waals surface area contributed by atoms with E-state index in [0.29, 0.717) is 11.2 Å². The minimum atomic E-state index is -3.95. The lowest BCUT2D eigenvalue weighted by atomic mass is 10.3. The van der Waals surface area contributed by atoms with Gasteiger partial charge in [0.1, 0.15) is 5.69 Å². The zero-order valence-corrected chi connectivity index (χ0v) is 11.8. The maximum absolute atomic E-state index is 11.3. The molecule has 0 unspecified atom stereocenters. The fraction of sp³-hybridized carbons (Fsp3) is 0.0909. The molecule has 0 atom stereocenters. The predicted molar refractivity (Wildman–Crippen MR) is 72.6 cm³/mol. The Morgan fingerprint density at radius 1 is 1.15 bits per heavy atom. The van der Waals surface area contributed by atoms with E-state index in [1.807, 2.05) is 18.2 Å². The molecule has 0 radical (unpaired) electrons. The fourth-order valence-corrected chi connectivity index (χ4v) is 2.77. The van der Waals surface area contributed by atoms with Crippen molar-refractivity contribution in [3.8, 4) is 11.5 Å². The molecule has 0 N–H and O–H groups in total. The molecule has 9 heteroatoms. The third kappa shape index (κ3) is 2.12. The molecule has 0 saturated carbocycles. The third-order valence-electron chi connectivity index (χ3n) is 2.73. The van der Waals surface area contributed by atoms with Crippen molar-refractivity contribution in [3.63, 3.8) is 0 Å². The van der Waals surface area contributed by atoms with Crippen molar-refractivity contribution in [2.45, 2.75) is 5.16 Å². The van der Waals surface area contributed by atoms with Crippen LogP contribution in [0.25, 0.3) is 22.6 Å². The molecule has 0 amide bonds. The van der Waals surface area contributed by atoms with Gasteiger partial charge in [-0.15, -0.1) is 10.2 Å². The highest BCUT2D eigenvalue weighted by atomic mass is 35.7. The van der Waals surface area contributed by atoms with Crippen molar-refractivity contribution in [1.82, 2.24) is 24.7 Å². The van der Waals surface area contributed by atoms with E-state index in [9.17, 15) is 8.42 Å². The summed E-state index contributed by atoms with van der Waals surface area (Å²) in [5.74, 6) is 0.280. The SMILES string of the molecule is Cn1c(-c2cnc3ccccc3n2)nnc1S(=O)(=O)Cl. The first kappa shape index (κ1) is 12.9. The van der Waals surface area contributed by atoms with Crippen LogP contribution in [0.5, 0.6) is 0 Å². The molecule has 7 nitrogen and oxygen atoms in total. The lowest BCUT2D eigenvalue weighted by Gasteiger charge is -2.02. The molecule has 102 valence electrons. The normalized spacial score (nSPS) is 11.9. The number of rotatable bonds is 2. The third-order valence-corrected chi connectivity index (χ3v) is 3.94. The van der Waals surface area contributed by atoms with Crippen molar-refractivity contribution in [1.29, 1.82) is 0 Å². The molecule has 2 heterocycles. The van der Waals surface area contributed by atoms with Crippen molar-refractivity contribution in [2.75, 3.05) is 0 Å². The summed E-state index contributed by atoms with van der Waals surface area (Å²) in [6.45, 7) is 0. The summed E-state index contributed by atoms with van der Waals surface area (Å²) in [7, 11) is 2.82. The topological polar surface area (TPSA) is 90.6 Å². The molecule has 3 aromatic rings. The average molecular weight is 310 g/mol. The molecule has 0 saturated heterocycles. The van der Waals surface area contributed by atoms with Gasteiger partial charge in [-0.05, 0) is 12.1 Å². The number of aromatic nitrogens is 5. The Morgan fingerprint density at radius 2 is 1.85 bits per heavy atom. The van der Waals surface area contributed by atoms with Gasteiger partial charge in [-0.2, -0.15) is 0 Å². The van der Waals surface area contributed by atoms with Crippen LogP contribution in [-0.2, 0) is 16.1 Å². The zero-order valence-electron chi connectivity index (χ0n) is 10.2. The number of halogens is 1. The van der Waals surface area contributed by atoms with Crippen LogP contribution in [0, 0.1) is 0 Å². The molecule has 0 bridgehead atoms. The molecule has 20 heavy (non-hydrogen) atoms. The maximum Gasteiger partial charge on any atom is 0.296 e. The molecule has 0 aliphatic heterocycles. The van der Waals surface area contributed by atoms with E-state index in [-0.39, 0.29) is 11.0 Å². The summed E-state index contributed by atoms with van der Waals surface area (Å²) in [6.07, 6.45) is 1.51. The van der Waals surface area contributed by atoms with E-state index in [1.54, 1.807) is 6.07 Å². The van der Waals surface area contributed by atoms with Crippen molar-refractivity contribution >= 4 is 30.8 Å². The van der Waals surface area contributed by atoms with Gasteiger partial charge in [0.2, 0.25) is 0 Å². The van der Waals surface area contributed by atoms with Gasteiger partial charge in [-0.3, -0.25) is 9.55 Å². The largest absolute Gasteiger partial charge is 0.299 e. The lowest BCUT2D eigenvalue weighted by molar-refractivity contribution is 0.593. The van der Waals surface area contributed by atoms with Crippen molar-refractivity contribution in [3.05, 3.63) is 30.5 Å². The van der Waals surface area contributed by atoms with Crippen LogP contribution < -0.4 is 0 Å². The number of hydrogen-bond donors (Lipinski definition) is 0. The minimum Gasteiger partial charge on any atom is -0.299 e. The van der Waals surface area contributed by atoms with Crippen LogP contribution in [0.2, 0.25) is 0 Å². The summed E-state index contributed by atoms with van der Waals surface area (Å²) in [5, 5.41) is 7.05. The molecular formula is C11H8ClN5O2S. The molecule has 0 aliphatic rings. The summed E-state index contributed by atoms with van der Waals surface area (Å²) in [6, 6.07) is 7.34. The Bertz CT molecular complexity index is 906. The number of benzene rings is 1. The van der Waals surface area contributed by atoms with Crippen LogP contribution in [0.1, 0.15) is 0 Å². The van der Waals surface area contributed by atoms with Gasteiger partial charge in [0, 0.05) is 17.7 Å². The van der Waals surface area contributed by atoms with Crippen LogP contribution in [0.3, 0.4) is 0 Å². The van der Waals surface area contributed by atoms with Gasteiger partial charge in [-0.1, -0.05) is 12.1 Å². The number of fused-ring (bicyclic) bond motifs is 1. The zero-order chi connectivity index (χ0) is 14.3. The molecular weight excluding hydrogens is 302 g/mol. The summed E-state index contributed by atoms with van der Waals surface area (Å²) in [5.41, 5.74) is 1.84. The maximum atomic E-state index is 11.3. The summed E-state index contributed by atoms with van der Waals surface area (Å²) in [4.78, 5) is 8.62. The highest BCUT2D eigenvalue weighted by Gasteiger charge is 2.21. The predicted octanol–water partition coefficient (Wildman–Crippen LogP) is 1.35. The lowest BCUT2D eigenvalue weighted by Crippen LogP contribution is -2.03. The van der Waals surface area contributed by atoms with Gasteiger partial charge in [0.15, 0.2) is 5.82 Å².